The van der Waals surface area contributed by atoms with Crippen molar-refractivity contribution < 1.29 is 10.0 Å². The van der Waals surface area contributed by atoms with Gasteiger partial charge in [0.05, 0.1) is 9.77 Å². The van der Waals surface area contributed by atoms with Gasteiger partial charge in [-0.3, -0.25) is 4.79 Å². The Kier molecular flexibility index (Phi) is 5.52. The van der Waals surface area contributed by atoms with Gasteiger partial charge in [0.1, 0.15) is 6.34 Å². The average Bonchev–Trinajstić information content (AvgIpc) is 2.32. The summed E-state index contributed by atoms with van der Waals surface area (Å²) >= 11 is 13.2. The van der Waals surface area contributed by atoms with Gasteiger partial charge in [0.25, 0.3) is 0 Å². The van der Waals surface area contributed by atoms with Crippen molar-refractivity contribution in [3.05, 3.63) is 28.2 Å². The Bertz CT molecular complexity index is 507. The number of hydrogen-bond acceptors (Lipinski definition) is 4. The van der Waals surface area contributed by atoms with Gasteiger partial charge < -0.3 is 10.1 Å². The maximum atomic E-state index is 12.2. The van der Waals surface area contributed by atoms with Crippen LogP contribution in [-0.4, -0.2) is 34.1 Å². The Hall–Kier alpha value is -0.910. The third-order valence-corrected chi connectivity index (χ3v) is 4.24. The van der Waals surface area contributed by atoms with Gasteiger partial charge in [-0.05, 0) is 32.0 Å². The molecule has 1 rings (SSSR count). The molecule has 0 fully saturated rings. The lowest BCUT2D eigenvalue weighted by Crippen LogP contribution is -2.40. The highest BCUT2D eigenvalue weighted by Gasteiger charge is 2.32. The molecule has 0 aliphatic heterocycles. The topological polar surface area (TPSA) is 52.9 Å². The Morgan fingerprint density at radius 3 is 2.63 bits per heavy atom. The van der Waals surface area contributed by atoms with Crippen LogP contribution in [0.1, 0.15) is 13.8 Å². The maximum absolute atomic E-state index is 12.2. The molecule has 4 nitrogen and oxygen atoms in total. The van der Waals surface area contributed by atoms with Gasteiger partial charge in [0.15, 0.2) is 0 Å². The summed E-state index contributed by atoms with van der Waals surface area (Å²) in [5.41, 5.74) is 0. The van der Waals surface area contributed by atoms with Gasteiger partial charge in [-0.2, -0.15) is 0 Å². The molecule has 0 aromatic heterocycles. The molecule has 1 aromatic rings. The molecular formula is C12H14Cl2N2O2S. The van der Waals surface area contributed by atoms with Crippen molar-refractivity contribution in [1.29, 1.82) is 0 Å². The predicted octanol–water partition coefficient (Wildman–Crippen LogP) is 3.74. The van der Waals surface area contributed by atoms with Crippen LogP contribution in [0.2, 0.25) is 10.0 Å². The third-order valence-electron chi connectivity index (χ3n) is 2.32. The SMILES string of the molecule is CN(C=NO)C(=O)C(C)(C)Sc1ccc(Cl)cc1Cl. The number of benzene rings is 1. The van der Waals surface area contributed by atoms with Crippen LogP contribution in [0.5, 0.6) is 0 Å². The molecule has 0 spiro atoms. The Morgan fingerprint density at radius 2 is 2.11 bits per heavy atom. The van der Waals surface area contributed by atoms with E-state index in [-0.39, 0.29) is 5.91 Å². The van der Waals surface area contributed by atoms with Crippen molar-refractivity contribution in [3.63, 3.8) is 0 Å². The summed E-state index contributed by atoms with van der Waals surface area (Å²) in [6.07, 6.45) is 1.05. The molecule has 0 saturated heterocycles. The smallest absolute Gasteiger partial charge is 0.243 e. The molecule has 0 atom stereocenters. The number of oxime groups is 1. The van der Waals surface area contributed by atoms with Crippen LogP contribution in [0.4, 0.5) is 0 Å². The van der Waals surface area contributed by atoms with Crippen molar-refractivity contribution in [2.24, 2.45) is 5.16 Å². The van der Waals surface area contributed by atoms with E-state index < -0.39 is 4.75 Å². The van der Waals surface area contributed by atoms with E-state index >= 15 is 0 Å². The van der Waals surface area contributed by atoms with E-state index in [9.17, 15) is 4.79 Å². The zero-order valence-corrected chi connectivity index (χ0v) is 13.1. The molecule has 19 heavy (non-hydrogen) atoms. The van der Waals surface area contributed by atoms with Gasteiger partial charge in [-0.15, -0.1) is 11.8 Å². The van der Waals surface area contributed by atoms with E-state index in [0.717, 1.165) is 11.2 Å². The lowest BCUT2D eigenvalue weighted by molar-refractivity contribution is -0.127. The molecule has 0 aliphatic carbocycles. The number of nitrogens with zero attached hydrogens (tertiary/aromatic N) is 2. The molecule has 0 aliphatic rings. The highest BCUT2D eigenvalue weighted by Crippen LogP contribution is 2.38. The first-order valence-electron chi connectivity index (χ1n) is 5.37. The average molecular weight is 321 g/mol. The number of hydrogen-bond donors (Lipinski definition) is 1. The highest BCUT2D eigenvalue weighted by molar-refractivity contribution is 8.01. The largest absolute Gasteiger partial charge is 0.410 e. The first-order chi connectivity index (χ1) is 8.77. The molecule has 0 unspecified atom stereocenters. The van der Waals surface area contributed by atoms with Crippen LogP contribution in [0, 0.1) is 0 Å². The van der Waals surface area contributed by atoms with Crippen LogP contribution in [0.25, 0.3) is 0 Å². The molecule has 0 bridgehead atoms. The minimum Gasteiger partial charge on any atom is -0.410 e. The second-order valence-corrected chi connectivity index (χ2v) is 6.84. The van der Waals surface area contributed by atoms with E-state index in [4.69, 9.17) is 28.4 Å². The molecule has 0 saturated carbocycles. The van der Waals surface area contributed by atoms with Crippen LogP contribution in [0.15, 0.2) is 28.3 Å². The zero-order valence-electron chi connectivity index (χ0n) is 10.7. The highest BCUT2D eigenvalue weighted by atomic mass is 35.5. The van der Waals surface area contributed by atoms with Crippen molar-refractivity contribution in [3.8, 4) is 0 Å². The van der Waals surface area contributed by atoms with E-state index in [0.29, 0.717) is 10.0 Å². The molecule has 0 heterocycles. The van der Waals surface area contributed by atoms with Crippen molar-refractivity contribution in [2.45, 2.75) is 23.5 Å². The summed E-state index contributed by atoms with van der Waals surface area (Å²) in [6.45, 7) is 3.54. The fourth-order valence-electron chi connectivity index (χ4n) is 1.43. The summed E-state index contributed by atoms with van der Waals surface area (Å²) in [5, 5.41) is 12.3. The van der Waals surface area contributed by atoms with E-state index in [1.54, 1.807) is 32.0 Å². The van der Waals surface area contributed by atoms with Crippen LogP contribution in [-0.2, 0) is 4.79 Å². The standard InChI is InChI=1S/C12H14Cl2N2O2S/c1-12(2,11(17)16(3)7-15-18)19-10-5-4-8(13)6-9(10)14/h4-7,18H,1-3H3. The normalized spacial score (nSPS) is 11.8. The number of rotatable bonds is 4. The first-order valence-corrected chi connectivity index (χ1v) is 6.94. The van der Waals surface area contributed by atoms with Crippen LogP contribution < -0.4 is 0 Å². The molecule has 1 N–H and O–H groups in total. The maximum Gasteiger partial charge on any atom is 0.243 e. The first kappa shape index (κ1) is 16.1. The van der Waals surface area contributed by atoms with Gasteiger partial charge >= 0.3 is 0 Å². The molecule has 1 aromatic carbocycles. The summed E-state index contributed by atoms with van der Waals surface area (Å²) in [6, 6.07) is 5.12. The zero-order chi connectivity index (χ0) is 14.6. The fourth-order valence-corrected chi connectivity index (χ4v) is 3.03. The van der Waals surface area contributed by atoms with Crippen molar-refractivity contribution >= 4 is 47.2 Å². The van der Waals surface area contributed by atoms with Gasteiger partial charge in [0, 0.05) is 17.0 Å². The minimum atomic E-state index is -0.757. The van der Waals surface area contributed by atoms with E-state index in [1.807, 2.05) is 0 Å². The molecule has 1 amide bonds. The number of thioether (sulfide) groups is 1. The second-order valence-electron chi connectivity index (χ2n) is 4.33. The van der Waals surface area contributed by atoms with E-state index in [2.05, 4.69) is 5.16 Å². The lowest BCUT2D eigenvalue weighted by Gasteiger charge is -2.26. The summed E-state index contributed by atoms with van der Waals surface area (Å²) in [5.74, 6) is -0.207. The third kappa shape index (κ3) is 4.30. The summed E-state index contributed by atoms with van der Waals surface area (Å²) in [4.78, 5) is 14.2. The quantitative estimate of drug-likeness (QED) is 0.302. The second kappa shape index (κ2) is 6.50. The summed E-state index contributed by atoms with van der Waals surface area (Å²) in [7, 11) is 1.52. The molecular weight excluding hydrogens is 307 g/mol. The van der Waals surface area contributed by atoms with Gasteiger partial charge in [-0.1, -0.05) is 28.4 Å². The Morgan fingerprint density at radius 1 is 1.47 bits per heavy atom. The number of amides is 1. The number of carbonyl (C=O) groups is 1. The van der Waals surface area contributed by atoms with Gasteiger partial charge in [0.2, 0.25) is 5.91 Å². The Balaban J connectivity index is 2.92. The lowest BCUT2D eigenvalue weighted by atomic mass is 10.2. The molecule has 104 valence electrons. The van der Waals surface area contributed by atoms with Gasteiger partial charge in [-0.25, -0.2) is 0 Å². The number of carbonyl (C=O) groups excluding carboxylic acids is 1. The number of halogens is 2. The van der Waals surface area contributed by atoms with Crippen LogP contribution >= 0.6 is 35.0 Å². The summed E-state index contributed by atoms with van der Waals surface area (Å²) < 4.78 is -0.757. The van der Waals surface area contributed by atoms with Crippen molar-refractivity contribution in [1.82, 2.24) is 4.90 Å². The molecule has 7 heteroatoms. The molecule has 0 radical (unpaired) electrons. The minimum absolute atomic E-state index is 0.207. The monoisotopic (exact) mass is 320 g/mol. The van der Waals surface area contributed by atoms with E-state index in [1.165, 1.54) is 23.7 Å². The fraction of sp³-hybridized carbons (Fsp3) is 0.333. The Labute approximate surface area is 126 Å². The predicted molar refractivity (Wildman–Crippen MR) is 79.4 cm³/mol. The van der Waals surface area contributed by atoms with Crippen molar-refractivity contribution in [2.75, 3.05) is 7.05 Å². The van der Waals surface area contributed by atoms with Crippen LogP contribution in [0.3, 0.4) is 0 Å².